The molecule has 0 spiro atoms. The van der Waals surface area contributed by atoms with Crippen molar-refractivity contribution in [1.29, 1.82) is 0 Å². The number of hydrogen-bond acceptors (Lipinski definition) is 5. The van der Waals surface area contributed by atoms with Crippen molar-refractivity contribution in [1.82, 2.24) is 10.3 Å². The van der Waals surface area contributed by atoms with E-state index in [0.29, 0.717) is 16.4 Å². The third-order valence-electron chi connectivity index (χ3n) is 3.27. The van der Waals surface area contributed by atoms with Crippen molar-refractivity contribution in [2.24, 2.45) is 0 Å². The van der Waals surface area contributed by atoms with Gasteiger partial charge in [-0.1, -0.05) is 23.5 Å². The normalized spacial score (nSPS) is 10.4. The standard InChI is InChI=1S/C17H13IN4O2S2/c1-9(23)19-10-6-7-13-14(8-10)26-17(20-13)22-16(25)21-15(24)11-4-2-3-5-12(11)18/h2-8H,1H3,(H,19,23)(H2,20,21,22,24,25). The van der Waals surface area contributed by atoms with Crippen molar-refractivity contribution in [3.63, 3.8) is 0 Å². The summed E-state index contributed by atoms with van der Waals surface area (Å²) in [4.78, 5) is 27.9. The van der Waals surface area contributed by atoms with Gasteiger partial charge in [-0.2, -0.15) is 0 Å². The van der Waals surface area contributed by atoms with Gasteiger partial charge < -0.3 is 10.6 Å². The lowest BCUT2D eigenvalue weighted by atomic mass is 10.2. The molecule has 3 N–H and O–H groups in total. The van der Waals surface area contributed by atoms with Gasteiger partial charge in [0.05, 0.1) is 15.8 Å². The van der Waals surface area contributed by atoms with Gasteiger partial charge in [-0.3, -0.25) is 14.9 Å². The first-order chi connectivity index (χ1) is 12.4. The zero-order chi connectivity index (χ0) is 18.7. The Balaban J connectivity index is 1.70. The highest BCUT2D eigenvalue weighted by Crippen LogP contribution is 2.28. The molecule has 1 heterocycles. The van der Waals surface area contributed by atoms with Crippen molar-refractivity contribution in [3.8, 4) is 0 Å². The predicted molar refractivity (Wildman–Crippen MR) is 117 cm³/mol. The molecule has 2 amide bonds. The van der Waals surface area contributed by atoms with Crippen LogP contribution in [-0.4, -0.2) is 21.9 Å². The molecule has 0 radical (unpaired) electrons. The molecule has 6 nitrogen and oxygen atoms in total. The van der Waals surface area contributed by atoms with Gasteiger partial charge in [0.15, 0.2) is 10.2 Å². The fraction of sp³-hybridized carbons (Fsp3) is 0.0588. The van der Waals surface area contributed by atoms with Crippen LogP contribution in [0.5, 0.6) is 0 Å². The first kappa shape index (κ1) is 18.7. The van der Waals surface area contributed by atoms with Crippen LogP contribution in [-0.2, 0) is 4.79 Å². The van der Waals surface area contributed by atoms with Gasteiger partial charge in [0.2, 0.25) is 5.91 Å². The Morgan fingerprint density at radius 2 is 1.92 bits per heavy atom. The van der Waals surface area contributed by atoms with Crippen molar-refractivity contribution < 1.29 is 9.59 Å². The summed E-state index contributed by atoms with van der Waals surface area (Å²) in [6.07, 6.45) is 0. The molecule has 0 aliphatic heterocycles. The molecule has 26 heavy (non-hydrogen) atoms. The predicted octanol–water partition coefficient (Wildman–Crippen LogP) is 3.99. The molecule has 0 aliphatic rings. The lowest BCUT2D eigenvalue weighted by Crippen LogP contribution is -2.34. The molecule has 0 unspecified atom stereocenters. The van der Waals surface area contributed by atoms with Crippen molar-refractivity contribution >= 4 is 84.1 Å². The molecule has 0 saturated heterocycles. The maximum atomic E-state index is 12.3. The van der Waals surface area contributed by atoms with E-state index < -0.39 is 0 Å². The monoisotopic (exact) mass is 496 g/mol. The highest BCUT2D eigenvalue weighted by Gasteiger charge is 2.12. The van der Waals surface area contributed by atoms with Crippen molar-refractivity contribution in [2.45, 2.75) is 6.92 Å². The molecule has 0 atom stereocenters. The molecule has 0 aliphatic carbocycles. The molecule has 3 rings (SSSR count). The van der Waals surface area contributed by atoms with E-state index in [2.05, 4.69) is 43.5 Å². The molecule has 0 saturated carbocycles. The van der Waals surface area contributed by atoms with Gasteiger partial charge in [0.25, 0.3) is 5.91 Å². The number of thiazole rings is 1. The fourth-order valence-electron chi connectivity index (χ4n) is 2.20. The molecule has 2 aromatic carbocycles. The molecular weight excluding hydrogens is 483 g/mol. The maximum absolute atomic E-state index is 12.3. The fourth-order valence-corrected chi connectivity index (χ4v) is 4.00. The van der Waals surface area contributed by atoms with Gasteiger partial charge in [0, 0.05) is 16.2 Å². The van der Waals surface area contributed by atoms with Gasteiger partial charge in [-0.15, -0.1) is 0 Å². The van der Waals surface area contributed by atoms with E-state index in [0.717, 1.165) is 13.8 Å². The zero-order valence-electron chi connectivity index (χ0n) is 13.5. The third kappa shape index (κ3) is 4.54. The number of carbonyl (C=O) groups excluding carboxylic acids is 2. The number of nitrogens with one attached hydrogen (secondary N) is 3. The minimum atomic E-state index is -0.276. The largest absolute Gasteiger partial charge is 0.326 e. The number of halogens is 1. The average molecular weight is 496 g/mol. The van der Waals surface area contributed by atoms with Crippen LogP contribution in [0.2, 0.25) is 0 Å². The second kappa shape index (κ2) is 8.06. The SMILES string of the molecule is CC(=O)Nc1ccc2nc(NC(=S)NC(=O)c3ccccc3I)sc2c1. The van der Waals surface area contributed by atoms with Gasteiger partial charge >= 0.3 is 0 Å². The minimum absolute atomic E-state index is 0.133. The smallest absolute Gasteiger partial charge is 0.258 e. The van der Waals surface area contributed by atoms with E-state index in [4.69, 9.17) is 12.2 Å². The summed E-state index contributed by atoms with van der Waals surface area (Å²) in [7, 11) is 0. The highest BCUT2D eigenvalue weighted by atomic mass is 127. The molecule has 0 bridgehead atoms. The number of anilines is 2. The van der Waals surface area contributed by atoms with Crippen LogP contribution in [0.25, 0.3) is 10.2 Å². The second-order valence-corrected chi connectivity index (χ2v) is 7.87. The Hall–Kier alpha value is -2.11. The zero-order valence-corrected chi connectivity index (χ0v) is 17.3. The van der Waals surface area contributed by atoms with E-state index in [1.54, 1.807) is 18.2 Å². The second-order valence-electron chi connectivity index (χ2n) is 5.27. The summed E-state index contributed by atoms with van der Waals surface area (Å²) in [6, 6.07) is 12.7. The van der Waals surface area contributed by atoms with Gasteiger partial charge in [-0.25, -0.2) is 4.98 Å². The van der Waals surface area contributed by atoms with E-state index in [1.165, 1.54) is 18.3 Å². The minimum Gasteiger partial charge on any atom is -0.326 e. The van der Waals surface area contributed by atoms with Crippen LogP contribution in [0.15, 0.2) is 42.5 Å². The maximum Gasteiger partial charge on any atom is 0.258 e. The summed E-state index contributed by atoms with van der Waals surface area (Å²) in [5.74, 6) is -0.409. The first-order valence-corrected chi connectivity index (χ1v) is 9.78. The molecular formula is C17H13IN4O2S2. The Morgan fingerprint density at radius 3 is 2.65 bits per heavy atom. The third-order valence-corrected chi connectivity index (χ3v) is 5.35. The highest BCUT2D eigenvalue weighted by molar-refractivity contribution is 14.1. The Morgan fingerprint density at radius 1 is 1.15 bits per heavy atom. The van der Waals surface area contributed by atoms with Crippen molar-refractivity contribution in [3.05, 3.63) is 51.6 Å². The number of fused-ring (bicyclic) bond motifs is 1. The van der Waals surface area contributed by atoms with Crippen LogP contribution in [0.1, 0.15) is 17.3 Å². The Bertz CT molecular complexity index is 1020. The van der Waals surface area contributed by atoms with E-state index in [1.807, 2.05) is 24.3 Å². The first-order valence-electron chi connectivity index (χ1n) is 7.47. The summed E-state index contributed by atoms with van der Waals surface area (Å²) in [5, 5.41) is 9.05. The number of carbonyl (C=O) groups is 2. The summed E-state index contributed by atoms with van der Waals surface area (Å²) in [5.41, 5.74) is 2.04. The van der Waals surface area contributed by atoms with Gasteiger partial charge in [-0.05, 0) is 65.1 Å². The number of thiocarbonyl (C=S) groups is 1. The molecule has 1 aromatic heterocycles. The molecule has 3 aromatic rings. The Labute approximate surface area is 172 Å². The van der Waals surface area contributed by atoms with E-state index in [-0.39, 0.29) is 16.9 Å². The molecule has 0 fully saturated rings. The lowest BCUT2D eigenvalue weighted by Gasteiger charge is -2.08. The van der Waals surface area contributed by atoms with Crippen LogP contribution < -0.4 is 16.0 Å². The van der Waals surface area contributed by atoms with Crippen LogP contribution in [0, 0.1) is 3.57 Å². The summed E-state index contributed by atoms with van der Waals surface area (Å²) in [6.45, 7) is 1.46. The molecule has 9 heteroatoms. The number of hydrogen-bond donors (Lipinski definition) is 3. The topological polar surface area (TPSA) is 83.1 Å². The number of nitrogens with zero attached hydrogens (tertiary/aromatic N) is 1. The van der Waals surface area contributed by atoms with Crippen LogP contribution in [0.4, 0.5) is 10.8 Å². The average Bonchev–Trinajstić information content (AvgIpc) is 2.95. The van der Waals surface area contributed by atoms with Crippen LogP contribution >= 0.6 is 46.1 Å². The number of amides is 2. The number of benzene rings is 2. The van der Waals surface area contributed by atoms with E-state index >= 15 is 0 Å². The van der Waals surface area contributed by atoms with Crippen molar-refractivity contribution in [2.75, 3.05) is 10.6 Å². The number of rotatable bonds is 3. The van der Waals surface area contributed by atoms with Crippen LogP contribution in [0.3, 0.4) is 0 Å². The van der Waals surface area contributed by atoms with Gasteiger partial charge in [0.1, 0.15) is 0 Å². The lowest BCUT2D eigenvalue weighted by molar-refractivity contribution is -0.114. The Kier molecular flexibility index (Phi) is 5.79. The van der Waals surface area contributed by atoms with E-state index in [9.17, 15) is 9.59 Å². The summed E-state index contributed by atoms with van der Waals surface area (Å²) < 4.78 is 1.74. The summed E-state index contributed by atoms with van der Waals surface area (Å²) >= 11 is 8.69. The molecule has 132 valence electrons. The quantitative estimate of drug-likeness (QED) is 0.378. The number of aromatic nitrogens is 1.